The van der Waals surface area contributed by atoms with Gasteiger partial charge in [0.1, 0.15) is 0 Å². The smallest absolute Gasteiger partial charge is 0.192 e. The molecule has 0 amide bonds. The van der Waals surface area contributed by atoms with E-state index in [4.69, 9.17) is 6.42 Å². The lowest BCUT2D eigenvalue weighted by Gasteiger charge is -2.37. The summed E-state index contributed by atoms with van der Waals surface area (Å²) in [5.41, 5.74) is -0.100. The number of aliphatic hydroxyl groups is 1. The lowest BCUT2D eigenvalue weighted by Crippen LogP contribution is -2.41. The molecule has 1 fully saturated rings. The van der Waals surface area contributed by atoms with Crippen LogP contribution < -0.4 is 10.6 Å². The molecular weight excluding hydrogens is 226 g/mol. The van der Waals surface area contributed by atoms with Gasteiger partial charge in [0.2, 0.25) is 0 Å². The molecule has 1 aliphatic carbocycles. The van der Waals surface area contributed by atoms with Crippen molar-refractivity contribution in [1.82, 2.24) is 10.6 Å². The molecule has 4 heteroatoms. The van der Waals surface area contributed by atoms with Crippen molar-refractivity contribution in [2.45, 2.75) is 45.6 Å². The number of guanidine groups is 1. The molecule has 0 saturated heterocycles. The summed E-state index contributed by atoms with van der Waals surface area (Å²) in [4.78, 5) is 4.54. The van der Waals surface area contributed by atoms with Crippen molar-refractivity contribution in [2.24, 2.45) is 10.4 Å². The Morgan fingerprint density at radius 1 is 1.50 bits per heavy atom. The third-order valence-electron chi connectivity index (χ3n) is 3.58. The van der Waals surface area contributed by atoms with Crippen LogP contribution in [0.2, 0.25) is 0 Å². The Morgan fingerprint density at radius 3 is 2.89 bits per heavy atom. The maximum atomic E-state index is 10.1. The number of nitrogens with zero attached hydrogens (tertiary/aromatic N) is 1. The minimum atomic E-state index is -0.245. The second kappa shape index (κ2) is 7.27. The van der Waals surface area contributed by atoms with Gasteiger partial charge in [-0.1, -0.05) is 25.7 Å². The van der Waals surface area contributed by atoms with Gasteiger partial charge in [-0.3, -0.25) is 4.99 Å². The van der Waals surface area contributed by atoms with Crippen LogP contribution in [0.3, 0.4) is 0 Å². The van der Waals surface area contributed by atoms with Gasteiger partial charge < -0.3 is 15.7 Å². The zero-order valence-electron chi connectivity index (χ0n) is 11.5. The van der Waals surface area contributed by atoms with Gasteiger partial charge >= 0.3 is 0 Å². The van der Waals surface area contributed by atoms with E-state index in [1.807, 2.05) is 6.92 Å². The number of terminal acetylenes is 1. The van der Waals surface area contributed by atoms with E-state index in [1.54, 1.807) is 0 Å². The fraction of sp³-hybridized carbons (Fsp3) is 0.786. The number of hydrogen-bond acceptors (Lipinski definition) is 2. The van der Waals surface area contributed by atoms with Crippen LogP contribution in [0.1, 0.15) is 39.5 Å². The number of rotatable bonds is 4. The Morgan fingerprint density at radius 2 is 2.28 bits per heavy atom. The van der Waals surface area contributed by atoms with Gasteiger partial charge in [0.15, 0.2) is 5.96 Å². The first-order valence-electron chi connectivity index (χ1n) is 6.76. The van der Waals surface area contributed by atoms with Crippen molar-refractivity contribution in [1.29, 1.82) is 0 Å². The fourth-order valence-electron chi connectivity index (χ4n) is 2.30. The van der Waals surface area contributed by atoms with E-state index in [0.29, 0.717) is 13.1 Å². The highest BCUT2D eigenvalue weighted by Crippen LogP contribution is 2.36. The minimum Gasteiger partial charge on any atom is -0.392 e. The van der Waals surface area contributed by atoms with Crippen molar-refractivity contribution < 1.29 is 5.11 Å². The number of aliphatic imine (C=N–C) groups is 1. The third kappa shape index (κ3) is 4.23. The fourth-order valence-corrected chi connectivity index (χ4v) is 2.30. The van der Waals surface area contributed by atoms with Crippen LogP contribution in [0, 0.1) is 17.8 Å². The third-order valence-corrected chi connectivity index (χ3v) is 3.58. The zero-order chi connectivity index (χ0) is 13.4. The van der Waals surface area contributed by atoms with Crippen LogP contribution in [0.5, 0.6) is 0 Å². The van der Waals surface area contributed by atoms with Gasteiger partial charge in [-0.15, -0.1) is 6.42 Å². The van der Waals surface area contributed by atoms with E-state index in [1.165, 1.54) is 6.42 Å². The molecule has 1 saturated carbocycles. The normalized spacial score (nSPS) is 28.6. The predicted molar refractivity (Wildman–Crippen MR) is 75.4 cm³/mol. The summed E-state index contributed by atoms with van der Waals surface area (Å²) in [7, 11) is 0. The molecular formula is C14H25N3O. The van der Waals surface area contributed by atoms with Gasteiger partial charge in [0, 0.05) is 12.0 Å². The van der Waals surface area contributed by atoms with E-state index in [9.17, 15) is 5.11 Å². The van der Waals surface area contributed by atoms with Gasteiger partial charge in [-0.05, 0) is 19.8 Å². The largest absolute Gasteiger partial charge is 0.392 e. The van der Waals surface area contributed by atoms with Gasteiger partial charge in [0.25, 0.3) is 0 Å². The van der Waals surface area contributed by atoms with Crippen LogP contribution in [0.15, 0.2) is 4.99 Å². The maximum Gasteiger partial charge on any atom is 0.192 e. The van der Waals surface area contributed by atoms with Crippen molar-refractivity contribution in [2.75, 3.05) is 19.6 Å². The molecule has 0 heterocycles. The maximum absolute atomic E-state index is 10.1. The molecule has 4 nitrogen and oxygen atoms in total. The Labute approximate surface area is 110 Å². The summed E-state index contributed by atoms with van der Waals surface area (Å²) < 4.78 is 0. The van der Waals surface area contributed by atoms with E-state index in [0.717, 1.165) is 31.8 Å². The highest BCUT2D eigenvalue weighted by Gasteiger charge is 2.35. The standard InChI is InChI=1S/C14H25N3O/c1-4-10-16-13(15-5-2)17-11-14(3)9-7-6-8-12(14)18/h1,12,18H,5-11H2,2-3H3,(H2,15,16,17). The summed E-state index contributed by atoms with van der Waals surface area (Å²) in [5, 5.41) is 16.3. The number of hydrogen-bond donors (Lipinski definition) is 3. The summed E-state index contributed by atoms with van der Waals surface area (Å²) in [6.07, 6.45) is 9.20. The SMILES string of the molecule is C#CCNC(=NCC1(C)CCCCC1O)NCC. The molecule has 3 N–H and O–H groups in total. The molecule has 0 aromatic carbocycles. The Hall–Kier alpha value is -1.21. The quantitative estimate of drug-likeness (QED) is 0.399. The highest BCUT2D eigenvalue weighted by molar-refractivity contribution is 5.80. The molecule has 18 heavy (non-hydrogen) atoms. The van der Waals surface area contributed by atoms with Crippen molar-refractivity contribution in [3.63, 3.8) is 0 Å². The van der Waals surface area contributed by atoms with E-state index >= 15 is 0 Å². The Balaban J connectivity index is 2.59. The van der Waals surface area contributed by atoms with Crippen LogP contribution in [0.25, 0.3) is 0 Å². The first kappa shape index (κ1) is 14.8. The first-order valence-corrected chi connectivity index (χ1v) is 6.76. The van der Waals surface area contributed by atoms with E-state index in [2.05, 4.69) is 28.5 Å². The molecule has 1 rings (SSSR count). The van der Waals surface area contributed by atoms with E-state index in [-0.39, 0.29) is 11.5 Å². The number of aliphatic hydroxyl groups excluding tert-OH is 1. The predicted octanol–water partition coefficient (Wildman–Crippen LogP) is 1.12. The van der Waals surface area contributed by atoms with Crippen molar-refractivity contribution in [3.05, 3.63) is 0 Å². The van der Waals surface area contributed by atoms with Crippen LogP contribution in [0.4, 0.5) is 0 Å². The van der Waals surface area contributed by atoms with E-state index < -0.39 is 0 Å². The Kier molecular flexibility index (Phi) is 6.00. The van der Waals surface area contributed by atoms with Crippen molar-refractivity contribution >= 4 is 5.96 Å². The summed E-state index contributed by atoms with van der Waals surface area (Å²) in [6.45, 7) is 6.03. The molecule has 2 unspecified atom stereocenters. The summed E-state index contributed by atoms with van der Waals surface area (Å²) >= 11 is 0. The van der Waals surface area contributed by atoms with Crippen LogP contribution in [-0.2, 0) is 0 Å². The Bertz CT molecular complexity index is 321. The summed E-state index contributed by atoms with van der Waals surface area (Å²) in [5.74, 6) is 3.26. The highest BCUT2D eigenvalue weighted by atomic mass is 16.3. The monoisotopic (exact) mass is 251 g/mol. The van der Waals surface area contributed by atoms with Gasteiger partial charge in [-0.25, -0.2) is 0 Å². The summed E-state index contributed by atoms with van der Waals surface area (Å²) in [6, 6.07) is 0. The molecule has 1 aliphatic rings. The molecule has 0 aromatic rings. The lowest BCUT2D eigenvalue weighted by molar-refractivity contribution is 0.00717. The number of nitrogens with one attached hydrogen (secondary N) is 2. The molecule has 102 valence electrons. The van der Waals surface area contributed by atoms with Crippen LogP contribution in [-0.4, -0.2) is 36.8 Å². The van der Waals surface area contributed by atoms with Crippen molar-refractivity contribution in [3.8, 4) is 12.3 Å². The second-order valence-electron chi connectivity index (χ2n) is 5.17. The molecule has 0 aromatic heterocycles. The topological polar surface area (TPSA) is 56.7 Å². The van der Waals surface area contributed by atoms with Gasteiger partial charge in [-0.2, -0.15) is 0 Å². The van der Waals surface area contributed by atoms with Gasteiger partial charge in [0.05, 0.1) is 19.2 Å². The molecule has 2 atom stereocenters. The molecule has 0 aliphatic heterocycles. The van der Waals surface area contributed by atoms with Crippen LogP contribution >= 0.6 is 0 Å². The lowest BCUT2D eigenvalue weighted by atomic mass is 9.73. The average Bonchev–Trinajstić information content (AvgIpc) is 2.37. The minimum absolute atomic E-state index is 0.100. The first-order chi connectivity index (χ1) is 8.62. The second-order valence-corrected chi connectivity index (χ2v) is 5.17. The average molecular weight is 251 g/mol. The molecule has 0 spiro atoms. The zero-order valence-corrected chi connectivity index (χ0v) is 11.5. The molecule has 0 bridgehead atoms. The molecule has 0 radical (unpaired) electrons.